The first-order valence-electron chi connectivity index (χ1n) is 28.8. The number of fused-ring (bicyclic) bond motifs is 16. The highest BCUT2D eigenvalue weighted by Gasteiger charge is 2.46. The third-order valence-electron chi connectivity index (χ3n) is 18.0. The average molecular weight is 1060 g/mol. The van der Waals surface area contributed by atoms with E-state index in [1.54, 1.807) is 0 Å². The summed E-state index contributed by atoms with van der Waals surface area (Å²) in [6.07, 6.45) is 0.848. The summed E-state index contributed by atoms with van der Waals surface area (Å²) in [4.78, 5) is 2.65. The fourth-order valence-electron chi connectivity index (χ4n) is 13.5. The maximum Gasteiger partial charge on any atom is 0.343 e. The third-order valence-corrected chi connectivity index (χ3v) is 19.3. The van der Waals surface area contributed by atoms with Crippen LogP contribution in [0.3, 0.4) is 0 Å². The quantitative estimate of drug-likeness (QED) is 0.161. The van der Waals surface area contributed by atoms with E-state index < -0.39 is 0 Å². The van der Waals surface area contributed by atoms with Gasteiger partial charge in [0.2, 0.25) is 0 Å². The molecule has 0 spiro atoms. The van der Waals surface area contributed by atoms with E-state index in [1.165, 1.54) is 97.9 Å². The largest absolute Gasteiger partial charge is 0.456 e. The monoisotopic (exact) mass is 1060 g/mol. The molecule has 0 atom stereocenters. The van der Waals surface area contributed by atoms with Crippen LogP contribution >= 0.6 is 11.3 Å². The summed E-state index contributed by atoms with van der Waals surface area (Å²) in [6, 6.07) is 65.2. The van der Waals surface area contributed by atoms with Crippen molar-refractivity contribution in [2.45, 2.75) is 117 Å². The molecule has 6 heteroatoms. The summed E-state index contributed by atoms with van der Waals surface area (Å²) in [5, 5.41) is 8.30. The minimum absolute atomic E-state index is 0.00384. The fourth-order valence-corrected chi connectivity index (χ4v) is 14.8. The second kappa shape index (κ2) is 16.9. The van der Waals surface area contributed by atoms with Crippen LogP contribution in [0.5, 0.6) is 0 Å². The number of para-hydroxylation sites is 1. The van der Waals surface area contributed by atoms with Crippen molar-refractivity contribution in [3.63, 3.8) is 0 Å². The van der Waals surface area contributed by atoms with Gasteiger partial charge >= 0.3 is 6.85 Å². The smallest absolute Gasteiger partial charge is 0.343 e. The van der Waals surface area contributed by atoms with Crippen molar-refractivity contribution in [3.05, 3.63) is 209 Å². The van der Waals surface area contributed by atoms with Gasteiger partial charge in [-0.15, -0.1) is 11.3 Å². The van der Waals surface area contributed by atoms with Crippen LogP contribution in [0, 0.1) is 0 Å². The maximum absolute atomic E-state index is 7.17. The zero-order valence-electron chi connectivity index (χ0n) is 48.1. The number of thiophene rings is 1. The lowest BCUT2D eigenvalue weighted by atomic mass is 9.47. The summed E-state index contributed by atoms with van der Waals surface area (Å²) in [5.74, 6) is 0.170. The van der Waals surface area contributed by atoms with Gasteiger partial charge in [0, 0.05) is 76.1 Å². The standard InChI is InChI=1S/C74H67BN2O2S/c1-71(2,3)45-22-18-43(19-23-45)54(44-20-24-46(25-21-44)72(4,5)6)35-42-17-31-51-57-38-55-52-32-33-53-56-40-64-58(50-15-13-14-16-62(50)78-64)39-60(56)76-68(53)67(52)75(70-69(76)59-37-48(74(10,11)12)28-34-66(59)80-70)77(61(55)41-65(57)79-63(51)36-42)49-29-26-47(27-30-49)73(7,8)9/h13-34,36-41,54H,35H2,1-12H3. The van der Waals surface area contributed by atoms with Gasteiger partial charge in [-0.25, -0.2) is 0 Å². The van der Waals surface area contributed by atoms with Crippen molar-refractivity contribution in [2.24, 2.45) is 0 Å². The molecule has 13 aromatic rings. The van der Waals surface area contributed by atoms with E-state index in [1.807, 2.05) is 11.3 Å². The molecule has 2 aliphatic rings. The Morgan fingerprint density at radius 2 is 1.01 bits per heavy atom. The minimum atomic E-state index is -0.117. The molecule has 0 bridgehead atoms. The van der Waals surface area contributed by atoms with Crippen LogP contribution in [0.4, 0.5) is 11.4 Å². The Labute approximate surface area is 473 Å². The van der Waals surface area contributed by atoms with Gasteiger partial charge in [-0.05, 0) is 133 Å². The van der Waals surface area contributed by atoms with E-state index in [0.29, 0.717) is 0 Å². The third kappa shape index (κ3) is 7.47. The molecule has 0 N–H and O–H groups in total. The van der Waals surface area contributed by atoms with Gasteiger partial charge in [-0.2, -0.15) is 0 Å². The SMILES string of the molecule is CC(C)(C)c1ccc(C(Cc2ccc3c(c2)oc2cc4c(cc23)-c2ccc3c5cc6oc7ccccc7c6cc5n5c3c2B(c2sc3ccc(C(C)(C)C)cc3c2-5)N4c2ccc(C(C)(C)C)cc2)c2ccc(C(C)(C)C)cc2)cc1. The predicted molar refractivity (Wildman–Crippen MR) is 343 cm³/mol. The van der Waals surface area contributed by atoms with Crippen LogP contribution in [0.1, 0.15) is 128 Å². The number of rotatable bonds is 5. The second-order valence-electron chi connectivity index (χ2n) is 27.4. The van der Waals surface area contributed by atoms with Crippen LogP contribution < -0.4 is 15.1 Å². The molecule has 4 aromatic heterocycles. The zero-order valence-corrected chi connectivity index (χ0v) is 49.0. The normalized spacial score (nSPS) is 13.9. The highest BCUT2D eigenvalue weighted by atomic mass is 32.1. The van der Waals surface area contributed by atoms with E-state index in [9.17, 15) is 0 Å². The summed E-state index contributed by atoms with van der Waals surface area (Å²) in [7, 11) is 0. The van der Waals surface area contributed by atoms with Crippen LogP contribution in [0.25, 0.3) is 92.6 Å². The number of anilines is 2. The number of nitrogens with zero attached hydrogens (tertiary/aromatic N) is 2. The van der Waals surface area contributed by atoms with Crippen LogP contribution in [0.15, 0.2) is 179 Å². The molecule has 394 valence electrons. The number of aromatic nitrogens is 1. The molecule has 0 radical (unpaired) electrons. The van der Waals surface area contributed by atoms with E-state index in [-0.39, 0.29) is 34.4 Å². The van der Waals surface area contributed by atoms with Crippen LogP contribution in [-0.2, 0) is 28.1 Å². The van der Waals surface area contributed by atoms with Crippen molar-refractivity contribution in [2.75, 3.05) is 4.81 Å². The highest BCUT2D eigenvalue weighted by molar-refractivity contribution is 7.32. The topological polar surface area (TPSA) is 34.5 Å². The average Bonchev–Trinajstić information content (AvgIpc) is 4.06. The Morgan fingerprint density at radius 3 is 1.68 bits per heavy atom. The molecule has 0 saturated heterocycles. The second-order valence-corrected chi connectivity index (χ2v) is 28.4. The molecule has 0 aliphatic carbocycles. The van der Waals surface area contributed by atoms with Gasteiger partial charge in [-0.1, -0.05) is 192 Å². The first-order chi connectivity index (χ1) is 38.2. The van der Waals surface area contributed by atoms with Gasteiger partial charge in [0.1, 0.15) is 22.3 Å². The van der Waals surface area contributed by atoms with Crippen molar-refractivity contribution in [1.82, 2.24) is 4.57 Å². The molecule has 0 saturated carbocycles. The molecular formula is C74H67BN2O2S. The zero-order chi connectivity index (χ0) is 55.1. The van der Waals surface area contributed by atoms with Crippen molar-refractivity contribution in [3.8, 4) is 16.8 Å². The fraction of sp³-hybridized carbons (Fsp3) is 0.243. The molecule has 2 aliphatic heterocycles. The molecule has 4 nitrogen and oxygen atoms in total. The Morgan fingerprint density at radius 1 is 0.450 bits per heavy atom. The van der Waals surface area contributed by atoms with Crippen LogP contribution in [0.2, 0.25) is 0 Å². The molecule has 0 unspecified atom stereocenters. The predicted octanol–water partition coefficient (Wildman–Crippen LogP) is 19.6. The lowest BCUT2D eigenvalue weighted by Gasteiger charge is -2.41. The highest BCUT2D eigenvalue weighted by Crippen LogP contribution is 2.51. The van der Waals surface area contributed by atoms with Crippen molar-refractivity contribution >= 4 is 116 Å². The summed E-state index contributed by atoms with van der Waals surface area (Å²) in [6.45, 7) is 27.5. The molecular weight excluding hydrogens is 992 g/mol. The molecule has 15 rings (SSSR count). The Kier molecular flexibility index (Phi) is 10.4. The van der Waals surface area contributed by atoms with Gasteiger partial charge in [0.05, 0.1) is 16.7 Å². The first-order valence-corrected chi connectivity index (χ1v) is 29.6. The number of benzene rings is 9. The molecule has 9 aromatic carbocycles. The number of hydrogen-bond acceptors (Lipinski definition) is 4. The van der Waals surface area contributed by atoms with E-state index in [2.05, 4.69) is 262 Å². The van der Waals surface area contributed by atoms with Gasteiger partial charge in [0.25, 0.3) is 0 Å². The molecule has 0 fully saturated rings. The van der Waals surface area contributed by atoms with Gasteiger partial charge in [0.15, 0.2) is 0 Å². The van der Waals surface area contributed by atoms with Gasteiger partial charge in [-0.3, -0.25) is 0 Å². The van der Waals surface area contributed by atoms with Crippen molar-refractivity contribution < 1.29 is 8.83 Å². The maximum atomic E-state index is 7.17. The first kappa shape index (κ1) is 49.3. The van der Waals surface area contributed by atoms with E-state index in [0.717, 1.165) is 61.7 Å². The summed E-state index contributed by atoms with van der Waals surface area (Å²) >= 11 is 1.95. The minimum Gasteiger partial charge on any atom is -0.456 e. The number of hydrogen-bond donors (Lipinski definition) is 0. The molecule has 6 heterocycles. The molecule has 80 heavy (non-hydrogen) atoms. The van der Waals surface area contributed by atoms with E-state index >= 15 is 0 Å². The Balaban J connectivity index is 0.956. The number of furan rings is 2. The summed E-state index contributed by atoms with van der Waals surface area (Å²) in [5.41, 5.74) is 22.9. The summed E-state index contributed by atoms with van der Waals surface area (Å²) < 4.78 is 19.1. The Bertz CT molecular complexity index is 4650. The lowest BCUT2D eigenvalue weighted by molar-refractivity contribution is 0.589. The van der Waals surface area contributed by atoms with Gasteiger partial charge < -0.3 is 18.2 Å². The van der Waals surface area contributed by atoms with E-state index in [4.69, 9.17) is 8.83 Å². The lowest BCUT2D eigenvalue weighted by Crippen LogP contribution is -2.59. The molecule has 0 amide bonds. The van der Waals surface area contributed by atoms with Crippen LogP contribution in [-0.4, -0.2) is 11.4 Å². The Hall–Kier alpha value is -7.80. The van der Waals surface area contributed by atoms with Crippen molar-refractivity contribution in [1.29, 1.82) is 0 Å².